The topological polar surface area (TPSA) is 39.1 Å². The molecule has 1 heterocycles. The van der Waals surface area contributed by atoms with E-state index in [2.05, 4.69) is 37.1 Å². The number of hydrogen-bond donors (Lipinski definition) is 1. The molecule has 0 aromatic rings. The van der Waals surface area contributed by atoms with Crippen LogP contribution in [0.2, 0.25) is 0 Å². The molecule has 2 rings (SSSR count). The summed E-state index contributed by atoms with van der Waals surface area (Å²) in [5.74, 6) is 1.66. The van der Waals surface area contributed by atoms with E-state index in [0.29, 0.717) is 6.04 Å². The third-order valence-corrected chi connectivity index (χ3v) is 5.10. The summed E-state index contributed by atoms with van der Waals surface area (Å²) in [5.41, 5.74) is -0.244. The van der Waals surface area contributed by atoms with Crippen LogP contribution in [-0.4, -0.2) is 36.1 Å². The Morgan fingerprint density at radius 1 is 1.33 bits per heavy atom. The Balaban J connectivity index is 1.95. The monoisotopic (exact) mass is 249 g/mol. The number of rotatable bonds is 3. The number of nitrogens with zero attached hydrogens (tertiary/aromatic N) is 2. The van der Waals surface area contributed by atoms with E-state index in [1.54, 1.807) is 0 Å². The zero-order valence-electron chi connectivity index (χ0n) is 12.1. The van der Waals surface area contributed by atoms with E-state index >= 15 is 0 Å². The van der Waals surface area contributed by atoms with Gasteiger partial charge in [0.1, 0.15) is 5.54 Å². The van der Waals surface area contributed by atoms with Crippen molar-refractivity contribution in [2.24, 2.45) is 11.8 Å². The number of hydrogen-bond acceptors (Lipinski definition) is 3. The largest absolute Gasteiger partial charge is 0.300 e. The lowest BCUT2D eigenvalue weighted by Crippen LogP contribution is -2.47. The van der Waals surface area contributed by atoms with Crippen molar-refractivity contribution in [1.82, 2.24) is 10.2 Å². The van der Waals surface area contributed by atoms with Crippen LogP contribution in [0.15, 0.2) is 0 Å². The molecular weight excluding hydrogens is 222 g/mol. The third kappa shape index (κ3) is 2.70. The molecule has 1 saturated carbocycles. The lowest BCUT2D eigenvalue weighted by molar-refractivity contribution is 0.0951. The van der Waals surface area contributed by atoms with Crippen molar-refractivity contribution in [3.05, 3.63) is 0 Å². The highest BCUT2D eigenvalue weighted by molar-refractivity contribution is 5.13. The minimum Gasteiger partial charge on any atom is -0.300 e. The van der Waals surface area contributed by atoms with Crippen LogP contribution >= 0.6 is 0 Å². The van der Waals surface area contributed by atoms with Gasteiger partial charge < -0.3 is 0 Å². The Morgan fingerprint density at radius 2 is 2.11 bits per heavy atom. The summed E-state index contributed by atoms with van der Waals surface area (Å²) >= 11 is 0. The van der Waals surface area contributed by atoms with Crippen molar-refractivity contribution in [3.63, 3.8) is 0 Å². The van der Waals surface area contributed by atoms with Crippen LogP contribution < -0.4 is 5.32 Å². The molecule has 4 atom stereocenters. The van der Waals surface area contributed by atoms with E-state index in [9.17, 15) is 5.26 Å². The van der Waals surface area contributed by atoms with Crippen molar-refractivity contribution < 1.29 is 0 Å². The maximum atomic E-state index is 9.43. The highest BCUT2D eigenvalue weighted by Crippen LogP contribution is 2.35. The molecule has 2 aliphatic rings. The Hall–Kier alpha value is -0.590. The highest BCUT2D eigenvalue weighted by atomic mass is 15.2. The van der Waals surface area contributed by atoms with Crippen LogP contribution in [0.25, 0.3) is 0 Å². The molecule has 3 heteroatoms. The minimum atomic E-state index is -0.244. The molecule has 1 saturated heterocycles. The van der Waals surface area contributed by atoms with Gasteiger partial charge in [-0.25, -0.2) is 0 Å². The summed E-state index contributed by atoms with van der Waals surface area (Å²) in [6, 6.07) is 3.15. The Labute approximate surface area is 112 Å². The van der Waals surface area contributed by atoms with Crippen LogP contribution in [0, 0.1) is 23.2 Å². The van der Waals surface area contributed by atoms with Gasteiger partial charge in [-0.2, -0.15) is 5.26 Å². The van der Waals surface area contributed by atoms with Crippen LogP contribution in [0.4, 0.5) is 0 Å². The second kappa shape index (κ2) is 5.59. The molecule has 0 amide bonds. The van der Waals surface area contributed by atoms with Crippen LogP contribution in [-0.2, 0) is 0 Å². The maximum absolute atomic E-state index is 9.43. The van der Waals surface area contributed by atoms with Crippen molar-refractivity contribution >= 4 is 0 Å². The number of nitrogens with one attached hydrogen (secondary N) is 1. The zero-order chi connectivity index (χ0) is 13.2. The minimum absolute atomic E-state index is 0.244. The van der Waals surface area contributed by atoms with Gasteiger partial charge in [0.05, 0.1) is 6.07 Å². The van der Waals surface area contributed by atoms with Crippen LogP contribution in [0.1, 0.15) is 46.5 Å². The summed E-state index contributed by atoms with van der Waals surface area (Å²) in [7, 11) is 0. The smallest absolute Gasteiger partial charge is 0.108 e. The molecule has 0 aromatic carbocycles. The lowest BCUT2D eigenvalue weighted by Gasteiger charge is -2.39. The summed E-state index contributed by atoms with van der Waals surface area (Å²) in [6.45, 7) is 10.2. The SMILES string of the molecule is CCNC1(C#N)CCC(N2CCC(C)C(C)C2)C1. The fraction of sp³-hybridized carbons (Fsp3) is 0.933. The number of nitriles is 1. The molecule has 18 heavy (non-hydrogen) atoms. The van der Waals surface area contributed by atoms with Crippen molar-refractivity contribution in [2.75, 3.05) is 19.6 Å². The second-order valence-corrected chi connectivity index (χ2v) is 6.36. The zero-order valence-corrected chi connectivity index (χ0v) is 12.1. The first-order valence-electron chi connectivity index (χ1n) is 7.50. The second-order valence-electron chi connectivity index (χ2n) is 6.36. The van der Waals surface area contributed by atoms with Gasteiger partial charge in [-0.3, -0.25) is 10.2 Å². The Kier molecular flexibility index (Phi) is 4.29. The first-order valence-corrected chi connectivity index (χ1v) is 7.50. The van der Waals surface area contributed by atoms with E-state index in [4.69, 9.17) is 0 Å². The summed E-state index contributed by atoms with van der Waals surface area (Å²) in [6.07, 6.45) is 4.53. The van der Waals surface area contributed by atoms with Gasteiger partial charge in [0, 0.05) is 12.6 Å². The van der Waals surface area contributed by atoms with Gasteiger partial charge in [-0.05, 0) is 50.6 Å². The summed E-state index contributed by atoms with van der Waals surface area (Å²) < 4.78 is 0. The van der Waals surface area contributed by atoms with Gasteiger partial charge in [0.15, 0.2) is 0 Å². The normalized spacial score (nSPS) is 41.8. The van der Waals surface area contributed by atoms with Crippen molar-refractivity contribution in [2.45, 2.75) is 58.0 Å². The first kappa shape index (κ1) is 13.8. The molecule has 0 radical (unpaired) electrons. The lowest BCUT2D eigenvalue weighted by atomic mass is 9.87. The highest BCUT2D eigenvalue weighted by Gasteiger charge is 2.42. The third-order valence-electron chi connectivity index (χ3n) is 5.10. The van der Waals surface area contributed by atoms with Gasteiger partial charge >= 0.3 is 0 Å². The van der Waals surface area contributed by atoms with Gasteiger partial charge in [0.2, 0.25) is 0 Å². The average Bonchev–Trinajstić information content (AvgIpc) is 2.78. The van der Waals surface area contributed by atoms with Crippen LogP contribution in [0.5, 0.6) is 0 Å². The molecule has 0 aromatic heterocycles. The van der Waals surface area contributed by atoms with Gasteiger partial charge in [0.25, 0.3) is 0 Å². The molecule has 1 aliphatic heterocycles. The summed E-state index contributed by atoms with van der Waals surface area (Å²) in [5, 5.41) is 12.8. The molecule has 0 spiro atoms. The number of piperidine rings is 1. The van der Waals surface area contributed by atoms with E-state index in [1.807, 2.05) is 0 Å². The van der Waals surface area contributed by atoms with Gasteiger partial charge in [-0.1, -0.05) is 20.8 Å². The Bertz CT molecular complexity index is 322. The number of likely N-dealkylation sites (tertiary alicyclic amines) is 1. The fourth-order valence-electron chi connectivity index (χ4n) is 3.60. The predicted octanol–water partition coefficient (Wildman–Crippen LogP) is 2.39. The molecule has 2 fully saturated rings. The molecule has 1 aliphatic carbocycles. The predicted molar refractivity (Wildman–Crippen MR) is 74.2 cm³/mol. The van der Waals surface area contributed by atoms with E-state index in [-0.39, 0.29) is 5.54 Å². The summed E-state index contributed by atoms with van der Waals surface area (Å²) in [4.78, 5) is 2.64. The van der Waals surface area contributed by atoms with Crippen LogP contribution in [0.3, 0.4) is 0 Å². The average molecular weight is 249 g/mol. The molecule has 1 N–H and O–H groups in total. The molecule has 3 nitrogen and oxygen atoms in total. The van der Waals surface area contributed by atoms with E-state index in [1.165, 1.54) is 25.9 Å². The van der Waals surface area contributed by atoms with Crippen molar-refractivity contribution in [3.8, 4) is 6.07 Å². The molecule has 0 bridgehead atoms. The molecule has 4 unspecified atom stereocenters. The molecule has 102 valence electrons. The fourth-order valence-corrected chi connectivity index (χ4v) is 3.60. The van der Waals surface area contributed by atoms with E-state index in [0.717, 1.165) is 31.2 Å². The Morgan fingerprint density at radius 3 is 2.72 bits per heavy atom. The van der Waals surface area contributed by atoms with Gasteiger partial charge in [-0.15, -0.1) is 0 Å². The van der Waals surface area contributed by atoms with Crippen molar-refractivity contribution in [1.29, 1.82) is 5.26 Å². The standard InChI is InChI=1S/C15H27N3/c1-4-17-15(11-16)7-5-14(9-15)18-8-6-12(2)13(3)10-18/h12-14,17H,4-10H2,1-3H3. The molecular formula is C15H27N3. The van der Waals surface area contributed by atoms with E-state index < -0.39 is 0 Å². The first-order chi connectivity index (χ1) is 8.60. The quantitative estimate of drug-likeness (QED) is 0.834. The maximum Gasteiger partial charge on any atom is 0.108 e.